The summed E-state index contributed by atoms with van der Waals surface area (Å²) in [5.41, 5.74) is 2.23. The van der Waals surface area contributed by atoms with Gasteiger partial charge in [-0.05, 0) is 51.1 Å². The predicted octanol–water partition coefficient (Wildman–Crippen LogP) is 1.97. The molecule has 1 N–H and O–H groups in total. The topological polar surface area (TPSA) is 50.8 Å². The van der Waals surface area contributed by atoms with E-state index >= 15 is 0 Å². The second-order valence-electron chi connectivity index (χ2n) is 5.12. The van der Waals surface area contributed by atoms with Gasteiger partial charge in [-0.25, -0.2) is 0 Å². The highest BCUT2D eigenvalue weighted by atomic mass is 16.5. The van der Waals surface area contributed by atoms with Crippen LogP contribution in [0.5, 0.6) is 11.5 Å². The fourth-order valence-electron chi connectivity index (χ4n) is 2.12. The molecule has 0 fully saturated rings. The highest BCUT2D eigenvalue weighted by Gasteiger charge is 2.18. The smallest absolute Gasteiger partial charge is 0.237 e. The zero-order valence-corrected chi connectivity index (χ0v) is 13.8. The van der Waals surface area contributed by atoms with E-state index < -0.39 is 0 Å². The maximum absolute atomic E-state index is 11.9. The van der Waals surface area contributed by atoms with Crippen molar-refractivity contribution in [2.45, 2.75) is 33.4 Å². The Labute approximate surface area is 127 Å². The first-order chi connectivity index (χ1) is 9.94. The number of hydrogen-bond donors (Lipinski definition) is 1. The number of nitrogens with zero attached hydrogens (tertiary/aromatic N) is 1. The van der Waals surface area contributed by atoms with E-state index in [1.54, 1.807) is 14.2 Å². The summed E-state index contributed by atoms with van der Waals surface area (Å²) in [5, 5.41) is 2.84. The lowest BCUT2D eigenvalue weighted by molar-refractivity contribution is -0.125. The zero-order chi connectivity index (χ0) is 16.0. The molecule has 5 nitrogen and oxygen atoms in total. The van der Waals surface area contributed by atoms with Crippen molar-refractivity contribution >= 4 is 5.91 Å². The largest absolute Gasteiger partial charge is 0.493 e. The third-order valence-electron chi connectivity index (χ3n) is 3.65. The molecule has 118 valence electrons. The number of aryl methyl sites for hydroxylation is 1. The van der Waals surface area contributed by atoms with Gasteiger partial charge in [-0.15, -0.1) is 0 Å². The second kappa shape index (κ2) is 7.88. The number of rotatable bonds is 7. The SMILES string of the molecule is CCNC(=O)[C@@H](C)N(C)Cc1cc(OC)c(OC)cc1C. The fourth-order valence-corrected chi connectivity index (χ4v) is 2.12. The van der Waals surface area contributed by atoms with Gasteiger partial charge in [0.1, 0.15) is 0 Å². The Morgan fingerprint density at radius 1 is 1.29 bits per heavy atom. The van der Waals surface area contributed by atoms with Crippen LogP contribution >= 0.6 is 0 Å². The second-order valence-corrected chi connectivity index (χ2v) is 5.12. The van der Waals surface area contributed by atoms with Crippen molar-refractivity contribution in [3.8, 4) is 11.5 Å². The monoisotopic (exact) mass is 294 g/mol. The van der Waals surface area contributed by atoms with Crippen LogP contribution in [0.2, 0.25) is 0 Å². The van der Waals surface area contributed by atoms with Crippen molar-refractivity contribution in [3.05, 3.63) is 23.3 Å². The van der Waals surface area contributed by atoms with E-state index in [-0.39, 0.29) is 11.9 Å². The average Bonchev–Trinajstić information content (AvgIpc) is 2.48. The average molecular weight is 294 g/mol. The fraction of sp³-hybridized carbons (Fsp3) is 0.562. The molecule has 0 aliphatic rings. The van der Waals surface area contributed by atoms with Crippen LogP contribution < -0.4 is 14.8 Å². The maximum atomic E-state index is 11.9. The number of nitrogens with one attached hydrogen (secondary N) is 1. The van der Waals surface area contributed by atoms with Crippen molar-refractivity contribution in [3.63, 3.8) is 0 Å². The molecule has 1 amide bonds. The first-order valence-electron chi connectivity index (χ1n) is 7.14. The molecule has 0 unspecified atom stereocenters. The van der Waals surface area contributed by atoms with E-state index in [0.717, 1.165) is 16.9 Å². The summed E-state index contributed by atoms with van der Waals surface area (Å²) < 4.78 is 10.6. The third kappa shape index (κ3) is 4.36. The maximum Gasteiger partial charge on any atom is 0.237 e. The van der Waals surface area contributed by atoms with Gasteiger partial charge >= 0.3 is 0 Å². The summed E-state index contributed by atoms with van der Waals surface area (Å²) in [7, 11) is 5.19. The van der Waals surface area contributed by atoms with Crippen molar-refractivity contribution in [1.29, 1.82) is 0 Å². The van der Waals surface area contributed by atoms with Crippen LogP contribution in [0.15, 0.2) is 12.1 Å². The zero-order valence-electron chi connectivity index (χ0n) is 13.8. The number of methoxy groups -OCH3 is 2. The summed E-state index contributed by atoms with van der Waals surface area (Å²) in [4.78, 5) is 13.9. The normalized spacial score (nSPS) is 12.1. The van der Waals surface area contributed by atoms with Gasteiger partial charge < -0.3 is 14.8 Å². The van der Waals surface area contributed by atoms with Crippen molar-refractivity contribution in [2.24, 2.45) is 0 Å². The lowest BCUT2D eigenvalue weighted by Gasteiger charge is -2.25. The van der Waals surface area contributed by atoms with Crippen LogP contribution in [0.4, 0.5) is 0 Å². The van der Waals surface area contributed by atoms with Gasteiger partial charge in [0, 0.05) is 13.1 Å². The predicted molar refractivity (Wildman–Crippen MR) is 83.9 cm³/mol. The molecular weight excluding hydrogens is 268 g/mol. The highest BCUT2D eigenvalue weighted by molar-refractivity contribution is 5.81. The molecule has 1 aromatic carbocycles. The van der Waals surface area contributed by atoms with Crippen LogP contribution in [0.1, 0.15) is 25.0 Å². The first-order valence-corrected chi connectivity index (χ1v) is 7.14. The third-order valence-corrected chi connectivity index (χ3v) is 3.65. The lowest BCUT2D eigenvalue weighted by Crippen LogP contribution is -2.42. The minimum absolute atomic E-state index is 0.0399. The Hall–Kier alpha value is -1.75. The molecule has 5 heteroatoms. The molecule has 0 aromatic heterocycles. The Kier molecular flexibility index (Phi) is 6.49. The van der Waals surface area contributed by atoms with Gasteiger partial charge in [0.05, 0.1) is 20.3 Å². The molecule has 0 aliphatic heterocycles. The molecule has 0 heterocycles. The van der Waals surface area contributed by atoms with E-state index in [1.807, 2.05) is 44.9 Å². The Balaban J connectivity index is 2.89. The number of carbonyl (C=O) groups is 1. The molecule has 21 heavy (non-hydrogen) atoms. The van der Waals surface area contributed by atoms with E-state index in [9.17, 15) is 4.79 Å². The van der Waals surface area contributed by atoms with Crippen LogP contribution in [-0.2, 0) is 11.3 Å². The number of carbonyl (C=O) groups excluding carboxylic acids is 1. The minimum atomic E-state index is -0.183. The highest BCUT2D eigenvalue weighted by Crippen LogP contribution is 2.30. The van der Waals surface area contributed by atoms with Crippen LogP contribution in [0.3, 0.4) is 0 Å². The van der Waals surface area contributed by atoms with Crippen molar-refractivity contribution in [2.75, 3.05) is 27.8 Å². The quantitative estimate of drug-likeness (QED) is 0.835. The lowest BCUT2D eigenvalue weighted by atomic mass is 10.1. The Morgan fingerprint density at radius 2 is 1.86 bits per heavy atom. The van der Waals surface area contributed by atoms with Crippen LogP contribution in [-0.4, -0.2) is 44.7 Å². The van der Waals surface area contributed by atoms with E-state index in [1.165, 1.54) is 0 Å². The number of amides is 1. The van der Waals surface area contributed by atoms with Crippen molar-refractivity contribution < 1.29 is 14.3 Å². The molecule has 0 radical (unpaired) electrons. The van der Waals surface area contributed by atoms with Gasteiger partial charge in [0.2, 0.25) is 5.91 Å². The molecule has 1 atom stereocenters. The number of likely N-dealkylation sites (N-methyl/N-ethyl adjacent to an activating group) is 2. The van der Waals surface area contributed by atoms with E-state index in [2.05, 4.69) is 5.32 Å². The number of ether oxygens (including phenoxy) is 2. The van der Waals surface area contributed by atoms with Gasteiger partial charge in [-0.1, -0.05) is 0 Å². The Morgan fingerprint density at radius 3 is 2.38 bits per heavy atom. The van der Waals surface area contributed by atoms with Gasteiger partial charge in [-0.3, -0.25) is 9.69 Å². The molecule has 0 spiro atoms. The molecular formula is C16H26N2O3. The summed E-state index contributed by atoms with van der Waals surface area (Å²) >= 11 is 0. The van der Waals surface area contributed by atoms with Crippen molar-refractivity contribution in [1.82, 2.24) is 10.2 Å². The van der Waals surface area contributed by atoms with E-state index in [4.69, 9.17) is 9.47 Å². The summed E-state index contributed by atoms with van der Waals surface area (Å²) in [6.45, 7) is 7.17. The van der Waals surface area contributed by atoms with Crippen LogP contribution in [0, 0.1) is 6.92 Å². The molecule has 1 aromatic rings. The summed E-state index contributed by atoms with van der Waals surface area (Å²) in [5.74, 6) is 1.47. The molecule has 0 saturated carbocycles. The van der Waals surface area contributed by atoms with Gasteiger partial charge in [0.15, 0.2) is 11.5 Å². The summed E-state index contributed by atoms with van der Waals surface area (Å²) in [6, 6.07) is 3.74. The van der Waals surface area contributed by atoms with Crippen LogP contribution in [0.25, 0.3) is 0 Å². The molecule has 0 bridgehead atoms. The first kappa shape index (κ1) is 17.3. The van der Waals surface area contributed by atoms with Gasteiger partial charge in [-0.2, -0.15) is 0 Å². The number of benzene rings is 1. The molecule has 0 aliphatic carbocycles. The number of hydrogen-bond acceptors (Lipinski definition) is 4. The summed E-state index contributed by atoms with van der Waals surface area (Å²) in [6.07, 6.45) is 0. The Bertz CT molecular complexity index is 489. The van der Waals surface area contributed by atoms with Gasteiger partial charge in [0.25, 0.3) is 0 Å². The molecule has 1 rings (SSSR count). The van der Waals surface area contributed by atoms with E-state index in [0.29, 0.717) is 18.8 Å². The standard InChI is InChI=1S/C16H26N2O3/c1-7-17-16(19)12(3)18(4)10-13-9-15(21-6)14(20-5)8-11(13)2/h8-9,12H,7,10H2,1-6H3,(H,17,19)/t12-/m1/s1. The minimum Gasteiger partial charge on any atom is -0.493 e. The molecule has 0 saturated heterocycles.